The number of hydrogen-bond acceptors (Lipinski definition) is 4. The van der Waals surface area contributed by atoms with Gasteiger partial charge in [0, 0.05) is 12.1 Å². The summed E-state index contributed by atoms with van der Waals surface area (Å²) in [4.78, 5) is 7.10. The Bertz CT molecular complexity index is 604. The lowest BCUT2D eigenvalue weighted by molar-refractivity contribution is 0.349. The quantitative estimate of drug-likeness (QED) is 0.891. The second kappa shape index (κ2) is 4.94. The van der Waals surface area contributed by atoms with Crippen molar-refractivity contribution in [2.24, 2.45) is 4.99 Å². The maximum absolute atomic E-state index is 11.9. The van der Waals surface area contributed by atoms with Crippen molar-refractivity contribution >= 4 is 15.9 Å². The molecule has 19 heavy (non-hydrogen) atoms. The van der Waals surface area contributed by atoms with Gasteiger partial charge in [0.2, 0.25) is 0 Å². The number of nitrogens with one attached hydrogen (secondary N) is 1. The van der Waals surface area contributed by atoms with E-state index in [2.05, 4.69) is 14.6 Å². The van der Waals surface area contributed by atoms with Gasteiger partial charge in [-0.2, -0.15) is 0 Å². The van der Waals surface area contributed by atoms with Gasteiger partial charge >= 0.3 is 0 Å². The summed E-state index contributed by atoms with van der Waals surface area (Å²) in [6, 6.07) is 6.96. The molecule has 5 nitrogen and oxygen atoms in total. The van der Waals surface area contributed by atoms with Crippen molar-refractivity contribution < 1.29 is 8.42 Å². The van der Waals surface area contributed by atoms with Gasteiger partial charge in [0.1, 0.15) is 5.84 Å². The first-order chi connectivity index (χ1) is 9.17. The zero-order valence-electron chi connectivity index (χ0n) is 10.7. The fourth-order valence-electron chi connectivity index (χ4n) is 2.56. The third-order valence-electron chi connectivity index (χ3n) is 3.55. The molecule has 1 saturated heterocycles. The van der Waals surface area contributed by atoms with Crippen LogP contribution in [0.25, 0.3) is 0 Å². The molecule has 0 amide bonds. The smallest absolute Gasteiger partial charge is 0.263 e. The van der Waals surface area contributed by atoms with Crippen molar-refractivity contribution in [3.8, 4) is 0 Å². The van der Waals surface area contributed by atoms with Crippen LogP contribution in [0.4, 0.5) is 0 Å². The fraction of sp³-hybridized carbons (Fsp3) is 0.462. The molecule has 0 radical (unpaired) electrons. The van der Waals surface area contributed by atoms with Crippen molar-refractivity contribution in [3.05, 3.63) is 29.8 Å². The molecule has 2 heterocycles. The number of benzene rings is 1. The minimum absolute atomic E-state index is 0.329. The lowest BCUT2D eigenvalue weighted by Crippen LogP contribution is -2.25. The highest BCUT2D eigenvalue weighted by Gasteiger charge is 2.29. The molecular formula is C13H17N3O2S. The third-order valence-corrected chi connectivity index (χ3v) is 4.94. The van der Waals surface area contributed by atoms with Gasteiger partial charge in [-0.15, -0.1) is 0 Å². The van der Waals surface area contributed by atoms with Crippen LogP contribution in [-0.2, 0) is 10.0 Å². The molecule has 0 unspecified atom stereocenters. The minimum atomic E-state index is -3.40. The Kier molecular flexibility index (Phi) is 3.28. The van der Waals surface area contributed by atoms with Crippen molar-refractivity contribution in [2.75, 3.05) is 26.2 Å². The number of aliphatic imine (C=N–C) groups is 1. The number of amidine groups is 1. The zero-order valence-corrected chi connectivity index (χ0v) is 11.5. The predicted molar refractivity (Wildman–Crippen MR) is 73.8 cm³/mol. The Labute approximate surface area is 113 Å². The second-order valence-corrected chi connectivity index (χ2v) is 6.53. The van der Waals surface area contributed by atoms with E-state index in [9.17, 15) is 8.42 Å². The summed E-state index contributed by atoms with van der Waals surface area (Å²) < 4.78 is 26.3. The normalized spacial score (nSPS) is 23.5. The van der Waals surface area contributed by atoms with E-state index >= 15 is 0 Å². The van der Waals surface area contributed by atoms with Gasteiger partial charge in [0.25, 0.3) is 10.0 Å². The molecule has 0 spiro atoms. The maximum Gasteiger partial charge on any atom is 0.263 e. The number of nitrogens with zero attached hydrogens (tertiary/aromatic N) is 2. The van der Waals surface area contributed by atoms with Crippen molar-refractivity contribution in [1.82, 2.24) is 9.62 Å². The highest BCUT2D eigenvalue weighted by molar-refractivity contribution is 7.90. The molecule has 2 aliphatic rings. The van der Waals surface area contributed by atoms with Gasteiger partial charge in [-0.05, 0) is 38.1 Å². The average Bonchev–Trinajstić information content (AvgIpc) is 2.98. The Morgan fingerprint density at radius 2 is 1.95 bits per heavy atom. The standard InChI is InChI=1S/C13H17N3O2S/c17-19(18)12-6-2-1-5-11(12)13(15-19)14-7-10-16-8-3-4-9-16/h1-2,5-6H,3-4,7-10H2,(H,14,15). The summed E-state index contributed by atoms with van der Waals surface area (Å²) in [6.07, 6.45) is 2.51. The second-order valence-electron chi connectivity index (χ2n) is 4.88. The molecule has 1 aromatic carbocycles. The van der Waals surface area contributed by atoms with Gasteiger partial charge in [-0.25, -0.2) is 8.42 Å². The molecule has 6 heteroatoms. The van der Waals surface area contributed by atoms with Crippen LogP contribution in [0.15, 0.2) is 34.2 Å². The predicted octanol–water partition coefficient (Wildman–Crippen LogP) is 0.821. The Hall–Kier alpha value is -1.40. The number of hydrogen-bond donors (Lipinski definition) is 1. The van der Waals surface area contributed by atoms with Crippen LogP contribution < -0.4 is 4.72 Å². The van der Waals surface area contributed by atoms with E-state index in [4.69, 9.17) is 0 Å². The SMILES string of the molecule is O=S1(=O)NC(=NCCN2CCCC2)c2ccccc21. The molecule has 1 fully saturated rings. The molecule has 0 atom stereocenters. The van der Waals surface area contributed by atoms with Crippen molar-refractivity contribution in [2.45, 2.75) is 17.7 Å². The molecule has 3 rings (SSSR count). The number of likely N-dealkylation sites (tertiary alicyclic amines) is 1. The van der Waals surface area contributed by atoms with E-state index < -0.39 is 10.0 Å². The molecule has 102 valence electrons. The van der Waals surface area contributed by atoms with Crippen LogP contribution in [-0.4, -0.2) is 45.3 Å². The van der Waals surface area contributed by atoms with E-state index in [1.165, 1.54) is 12.8 Å². The van der Waals surface area contributed by atoms with Crippen LogP contribution in [0.1, 0.15) is 18.4 Å². The van der Waals surface area contributed by atoms with Crippen LogP contribution in [0.3, 0.4) is 0 Å². The number of fused-ring (bicyclic) bond motifs is 1. The van der Waals surface area contributed by atoms with E-state index in [0.717, 1.165) is 19.6 Å². The van der Waals surface area contributed by atoms with E-state index in [1.807, 2.05) is 6.07 Å². The summed E-state index contributed by atoms with van der Waals surface area (Å²) in [5.74, 6) is 0.481. The van der Waals surface area contributed by atoms with Crippen molar-refractivity contribution in [3.63, 3.8) is 0 Å². The van der Waals surface area contributed by atoms with Crippen molar-refractivity contribution in [1.29, 1.82) is 0 Å². The summed E-state index contributed by atoms with van der Waals surface area (Å²) >= 11 is 0. The average molecular weight is 279 g/mol. The zero-order chi connectivity index (χ0) is 13.3. The van der Waals surface area contributed by atoms with Crippen LogP contribution in [0.5, 0.6) is 0 Å². The van der Waals surface area contributed by atoms with Crippen LogP contribution >= 0.6 is 0 Å². The van der Waals surface area contributed by atoms with E-state index in [0.29, 0.717) is 22.8 Å². The molecule has 0 aromatic heterocycles. The Morgan fingerprint density at radius 3 is 2.74 bits per heavy atom. The summed E-state index contributed by atoms with van der Waals surface area (Å²) in [6.45, 7) is 3.79. The van der Waals surface area contributed by atoms with Gasteiger partial charge in [-0.3, -0.25) is 9.71 Å². The van der Waals surface area contributed by atoms with E-state index in [1.54, 1.807) is 18.2 Å². The van der Waals surface area contributed by atoms with Crippen LogP contribution in [0.2, 0.25) is 0 Å². The molecule has 0 saturated carbocycles. The largest absolute Gasteiger partial charge is 0.301 e. The van der Waals surface area contributed by atoms with Gasteiger partial charge < -0.3 is 4.90 Å². The Morgan fingerprint density at radius 1 is 1.21 bits per heavy atom. The fourth-order valence-corrected chi connectivity index (χ4v) is 3.81. The Balaban J connectivity index is 1.75. The number of rotatable bonds is 3. The van der Waals surface area contributed by atoms with Crippen LogP contribution in [0, 0.1) is 0 Å². The maximum atomic E-state index is 11.9. The summed E-state index contributed by atoms with van der Waals surface area (Å²) in [5.41, 5.74) is 0.684. The summed E-state index contributed by atoms with van der Waals surface area (Å²) in [5, 5.41) is 0. The molecule has 1 aromatic rings. The molecule has 0 aliphatic carbocycles. The topological polar surface area (TPSA) is 61.8 Å². The highest BCUT2D eigenvalue weighted by atomic mass is 32.2. The lowest BCUT2D eigenvalue weighted by atomic mass is 10.2. The first kappa shape index (κ1) is 12.6. The van der Waals surface area contributed by atoms with E-state index in [-0.39, 0.29) is 0 Å². The molecule has 0 bridgehead atoms. The van der Waals surface area contributed by atoms with Gasteiger partial charge in [-0.1, -0.05) is 12.1 Å². The molecule has 1 N–H and O–H groups in total. The highest BCUT2D eigenvalue weighted by Crippen LogP contribution is 2.22. The molecule has 2 aliphatic heterocycles. The monoisotopic (exact) mass is 279 g/mol. The van der Waals surface area contributed by atoms with Gasteiger partial charge in [0.15, 0.2) is 0 Å². The lowest BCUT2D eigenvalue weighted by Gasteiger charge is -2.12. The first-order valence-electron chi connectivity index (χ1n) is 6.56. The number of sulfonamides is 1. The summed E-state index contributed by atoms with van der Waals surface area (Å²) in [7, 11) is -3.40. The molecular weight excluding hydrogens is 262 g/mol. The first-order valence-corrected chi connectivity index (χ1v) is 8.04. The van der Waals surface area contributed by atoms with Gasteiger partial charge in [0.05, 0.1) is 11.4 Å². The third kappa shape index (κ3) is 2.50. The minimum Gasteiger partial charge on any atom is -0.301 e.